The number of halogens is 2. The lowest BCUT2D eigenvalue weighted by atomic mass is 9.76. The molecule has 2 aliphatic heterocycles. The Kier molecular flexibility index (Phi) is 4.71. The van der Waals surface area contributed by atoms with Gasteiger partial charge in [-0.1, -0.05) is 6.07 Å². The molecule has 4 aromatic heterocycles. The van der Waals surface area contributed by atoms with Crippen LogP contribution < -0.4 is 10.5 Å². The Labute approximate surface area is 214 Å². The van der Waals surface area contributed by atoms with Crippen LogP contribution in [0.2, 0.25) is 0 Å². The summed E-state index contributed by atoms with van der Waals surface area (Å²) in [6.07, 6.45) is 5.90. The monoisotopic (exact) mass is 506 g/mol. The highest BCUT2D eigenvalue weighted by molar-refractivity contribution is 5.83. The minimum absolute atomic E-state index is 0.110. The van der Waals surface area contributed by atoms with Crippen LogP contribution in [0.25, 0.3) is 22.4 Å². The lowest BCUT2D eigenvalue weighted by molar-refractivity contribution is 0.120. The molecule has 5 aromatic rings. The van der Waals surface area contributed by atoms with Crippen molar-refractivity contribution in [2.75, 3.05) is 0 Å². The van der Waals surface area contributed by atoms with Gasteiger partial charge in [0.25, 0.3) is 6.02 Å². The molecule has 0 saturated carbocycles. The number of ether oxygens (including phenoxy) is 2. The van der Waals surface area contributed by atoms with Crippen LogP contribution in [0, 0.1) is 11.9 Å². The molecule has 1 aromatic carbocycles. The normalized spacial score (nSPS) is 16.9. The van der Waals surface area contributed by atoms with E-state index < -0.39 is 17.5 Å². The molecule has 0 amide bonds. The van der Waals surface area contributed by atoms with E-state index in [-0.39, 0.29) is 6.02 Å². The first-order valence-corrected chi connectivity index (χ1v) is 11.6. The zero-order chi connectivity index (χ0) is 25.9. The zero-order valence-electron chi connectivity index (χ0n) is 19.5. The van der Waals surface area contributed by atoms with Crippen molar-refractivity contribution in [2.24, 2.45) is 10.7 Å². The largest absolute Gasteiger partial charge is 0.455 e. The first kappa shape index (κ1) is 22.0. The Morgan fingerprint density at radius 3 is 2.45 bits per heavy atom. The average Bonchev–Trinajstić information content (AvgIpc) is 2.93. The predicted molar refractivity (Wildman–Crippen MR) is 134 cm³/mol. The van der Waals surface area contributed by atoms with Gasteiger partial charge in [0.2, 0.25) is 11.9 Å². The third-order valence-electron chi connectivity index (χ3n) is 6.56. The van der Waals surface area contributed by atoms with E-state index >= 15 is 0 Å². The molecule has 0 radical (unpaired) electrons. The molecule has 184 valence electrons. The number of amidine groups is 1. The molecule has 1 atom stereocenters. The van der Waals surface area contributed by atoms with E-state index in [1.165, 1.54) is 18.5 Å². The molecule has 8 nitrogen and oxygen atoms in total. The van der Waals surface area contributed by atoms with Gasteiger partial charge in [-0.05, 0) is 54.1 Å². The summed E-state index contributed by atoms with van der Waals surface area (Å²) in [6.45, 7) is 0. The maximum absolute atomic E-state index is 14.7. The van der Waals surface area contributed by atoms with Crippen molar-refractivity contribution >= 4 is 11.8 Å². The smallest absolute Gasteiger partial charge is 0.290 e. The van der Waals surface area contributed by atoms with Gasteiger partial charge < -0.3 is 15.2 Å². The van der Waals surface area contributed by atoms with Crippen molar-refractivity contribution in [1.29, 1.82) is 0 Å². The summed E-state index contributed by atoms with van der Waals surface area (Å²) in [5.74, 6) is -0.0275. The maximum Gasteiger partial charge on any atom is 0.290 e. The van der Waals surface area contributed by atoms with Crippen LogP contribution in [-0.2, 0) is 10.3 Å². The first-order valence-electron chi connectivity index (χ1n) is 11.6. The van der Waals surface area contributed by atoms with E-state index in [4.69, 9.17) is 15.2 Å². The third kappa shape index (κ3) is 3.23. The molecule has 38 heavy (non-hydrogen) atoms. The summed E-state index contributed by atoms with van der Waals surface area (Å²) in [6, 6.07) is 16.7. The fraction of sp³-hybridized carbons (Fsp3) is 0.0357. The number of benzene rings is 1. The van der Waals surface area contributed by atoms with Crippen LogP contribution in [0.1, 0.15) is 16.7 Å². The second-order valence-corrected chi connectivity index (χ2v) is 8.70. The van der Waals surface area contributed by atoms with Crippen molar-refractivity contribution in [3.05, 3.63) is 114 Å². The lowest BCUT2D eigenvalue weighted by Gasteiger charge is -2.42. The summed E-state index contributed by atoms with van der Waals surface area (Å²) in [5.41, 5.74) is 8.37. The number of hydrogen-bond donors (Lipinski definition) is 1. The minimum Gasteiger partial charge on any atom is -0.455 e. The number of rotatable bonds is 2. The molecule has 0 bridgehead atoms. The summed E-state index contributed by atoms with van der Waals surface area (Å²) < 4.78 is 41.3. The molecule has 0 aliphatic carbocycles. The molecule has 2 N–H and O–H groups in total. The topological polar surface area (TPSA) is 108 Å². The van der Waals surface area contributed by atoms with Crippen LogP contribution in [0.3, 0.4) is 0 Å². The fourth-order valence-corrected chi connectivity index (χ4v) is 4.95. The molecule has 1 spiro atoms. The minimum atomic E-state index is -1.38. The SMILES string of the molecule is NC1=Nc2ncccc2C2(O1)c1cc(-c3cccnc3F)ccc1Oc1cnc(-c3ccnc(F)c3)cc12. The van der Waals surface area contributed by atoms with Gasteiger partial charge in [0.1, 0.15) is 5.75 Å². The highest BCUT2D eigenvalue weighted by Crippen LogP contribution is 2.56. The van der Waals surface area contributed by atoms with Gasteiger partial charge in [0, 0.05) is 46.9 Å². The molecule has 10 heteroatoms. The van der Waals surface area contributed by atoms with E-state index in [2.05, 4.69) is 24.9 Å². The Morgan fingerprint density at radius 1 is 0.737 bits per heavy atom. The van der Waals surface area contributed by atoms with E-state index in [0.29, 0.717) is 56.4 Å². The number of hydrogen-bond acceptors (Lipinski definition) is 8. The van der Waals surface area contributed by atoms with Crippen molar-refractivity contribution < 1.29 is 18.3 Å². The highest BCUT2D eigenvalue weighted by atomic mass is 19.1. The van der Waals surface area contributed by atoms with Gasteiger partial charge in [0.05, 0.1) is 17.5 Å². The van der Waals surface area contributed by atoms with Gasteiger partial charge in [-0.25, -0.2) is 15.0 Å². The van der Waals surface area contributed by atoms with E-state index in [0.717, 1.165) is 0 Å². The molecule has 6 heterocycles. The Hall–Kier alpha value is -5.25. The molecule has 1 unspecified atom stereocenters. The highest BCUT2D eigenvalue weighted by Gasteiger charge is 2.51. The molecule has 7 rings (SSSR count). The Balaban J connectivity index is 1.54. The molecular formula is C28H16F2N6O2. The second kappa shape index (κ2) is 8.13. The quantitative estimate of drug-likeness (QED) is 0.326. The number of nitrogens with zero attached hydrogens (tertiary/aromatic N) is 5. The van der Waals surface area contributed by atoms with Crippen LogP contribution in [0.4, 0.5) is 14.6 Å². The van der Waals surface area contributed by atoms with Crippen molar-refractivity contribution in [3.63, 3.8) is 0 Å². The summed E-state index contributed by atoms with van der Waals surface area (Å²) in [7, 11) is 0. The lowest BCUT2D eigenvalue weighted by Crippen LogP contribution is -2.42. The van der Waals surface area contributed by atoms with Crippen LogP contribution >= 0.6 is 0 Å². The van der Waals surface area contributed by atoms with Crippen molar-refractivity contribution in [1.82, 2.24) is 19.9 Å². The number of pyridine rings is 4. The van der Waals surface area contributed by atoms with E-state index in [1.54, 1.807) is 60.9 Å². The van der Waals surface area contributed by atoms with Crippen LogP contribution in [-0.4, -0.2) is 26.0 Å². The summed E-state index contributed by atoms with van der Waals surface area (Å²) >= 11 is 0. The third-order valence-corrected chi connectivity index (χ3v) is 6.56. The number of aromatic nitrogens is 4. The van der Waals surface area contributed by atoms with Gasteiger partial charge in [-0.2, -0.15) is 13.8 Å². The Bertz CT molecular complexity index is 1790. The van der Waals surface area contributed by atoms with E-state index in [9.17, 15) is 8.78 Å². The van der Waals surface area contributed by atoms with E-state index in [1.807, 2.05) is 6.07 Å². The van der Waals surface area contributed by atoms with Gasteiger partial charge >= 0.3 is 0 Å². The van der Waals surface area contributed by atoms with Crippen LogP contribution in [0.15, 0.2) is 90.4 Å². The standard InChI is InChI=1S/C28H16F2N6O2/c29-24-12-16(7-10-32-24)21-13-20-23(14-35-21)37-22-6-5-15(17-3-1-8-33-25(17)30)11-19(22)28(20)18-4-2-9-34-26(18)36-27(31)38-28/h1-14H,(H2,31,34,36). The summed E-state index contributed by atoms with van der Waals surface area (Å²) in [5, 5.41) is 0. The molecular weight excluding hydrogens is 490 g/mol. The van der Waals surface area contributed by atoms with Crippen LogP contribution in [0.5, 0.6) is 11.5 Å². The van der Waals surface area contributed by atoms with Gasteiger partial charge in [-0.3, -0.25) is 4.98 Å². The average molecular weight is 506 g/mol. The molecule has 2 aliphatic rings. The maximum atomic E-state index is 14.7. The number of nitrogens with two attached hydrogens (primary N) is 1. The molecule has 0 fully saturated rings. The summed E-state index contributed by atoms with van der Waals surface area (Å²) in [4.78, 5) is 20.6. The fourth-order valence-electron chi connectivity index (χ4n) is 4.95. The first-order chi connectivity index (χ1) is 18.5. The van der Waals surface area contributed by atoms with Gasteiger partial charge in [-0.15, -0.1) is 0 Å². The van der Waals surface area contributed by atoms with Crippen molar-refractivity contribution in [2.45, 2.75) is 5.60 Å². The second-order valence-electron chi connectivity index (χ2n) is 8.70. The molecule has 0 saturated heterocycles. The Morgan fingerprint density at radius 2 is 1.58 bits per heavy atom. The van der Waals surface area contributed by atoms with Crippen molar-refractivity contribution in [3.8, 4) is 33.9 Å². The number of aliphatic imine (C=N–C) groups is 1. The zero-order valence-corrected chi connectivity index (χ0v) is 19.5. The predicted octanol–water partition coefficient (Wildman–Crippen LogP) is 5.25. The van der Waals surface area contributed by atoms with Gasteiger partial charge in [0.15, 0.2) is 17.2 Å². The number of fused-ring (bicyclic) bond motifs is 6.